The van der Waals surface area contributed by atoms with E-state index in [0.29, 0.717) is 11.7 Å². The number of carbonyl (C=O) groups is 1. The molecule has 0 unspecified atom stereocenters. The van der Waals surface area contributed by atoms with E-state index in [1.54, 1.807) is 7.11 Å². The molecule has 0 spiro atoms. The molecule has 0 radical (unpaired) electrons. The third kappa shape index (κ3) is 7.09. The van der Waals surface area contributed by atoms with Crippen LogP contribution in [0.2, 0.25) is 0 Å². The van der Waals surface area contributed by atoms with Crippen LogP contribution >= 0.6 is 12.2 Å². The van der Waals surface area contributed by atoms with Gasteiger partial charge in [0, 0.05) is 12.2 Å². The maximum absolute atomic E-state index is 11.8. The lowest BCUT2D eigenvalue weighted by Crippen LogP contribution is -2.48. The molecule has 0 aliphatic carbocycles. The summed E-state index contributed by atoms with van der Waals surface area (Å²) >= 11 is 5.12. The van der Waals surface area contributed by atoms with E-state index >= 15 is 0 Å². The molecule has 0 aliphatic heterocycles. The maximum Gasteiger partial charge on any atom is 0.257 e. The van der Waals surface area contributed by atoms with Crippen LogP contribution in [-0.2, 0) is 11.2 Å². The van der Waals surface area contributed by atoms with Gasteiger partial charge >= 0.3 is 0 Å². The van der Waals surface area contributed by atoms with Crippen molar-refractivity contribution in [3.05, 3.63) is 60.2 Å². The number of ether oxygens (including phenoxy) is 1. The van der Waals surface area contributed by atoms with Gasteiger partial charge in [0.05, 0.1) is 13.7 Å². The smallest absolute Gasteiger partial charge is 0.257 e. The summed E-state index contributed by atoms with van der Waals surface area (Å²) in [6, 6.07) is 17.4. The number of amides is 1. The Morgan fingerprint density at radius 3 is 2.44 bits per heavy atom. The zero-order valence-corrected chi connectivity index (χ0v) is 14.9. The van der Waals surface area contributed by atoms with E-state index < -0.39 is 0 Å². The van der Waals surface area contributed by atoms with Crippen LogP contribution in [0.3, 0.4) is 0 Å². The lowest BCUT2D eigenvalue weighted by molar-refractivity contribution is -0.119. The molecule has 25 heavy (non-hydrogen) atoms. The number of anilines is 1. The van der Waals surface area contributed by atoms with E-state index in [-0.39, 0.29) is 12.5 Å². The van der Waals surface area contributed by atoms with E-state index in [4.69, 9.17) is 17.0 Å². The van der Waals surface area contributed by atoms with Crippen molar-refractivity contribution in [3.63, 3.8) is 0 Å². The van der Waals surface area contributed by atoms with Gasteiger partial charge in [-0.2, -0.15) is 0 Å². The van der Waals surface area contributed by atoms with Crippen LogP contribution in [-0.4, -0.2) is 31.2 Å². The van der Waals surface area contributed by atoms with Gasteiger partial charge in [-0.1, -0.05) is 30.3 Å². The number of benzene rings is 2. The zero-order valence-electron chi connectivity index (χ0n) is 14.0. The summed E-state index contributed by atoms with van der Waals surface area (Å²) in [4.78, 5) is 11.8. The molecule has 0 aromatic heterocycles. The van der Waals surface area contributed by atoms with Gasteiger partial charge in [0.1, 0.15) is 5.75 Å². The quantitative estimate of drug-likeness (QED) is 0.447. The van der Waals surface area contributed by atoms with Crippen LogP contribution in [0.5, 0.6) is 5.75 Å². The Morgan fingerprint density at radius 2 is 1.76 bits per heavy atom. The van der Waals surface area contributed by atoms with E-state index in [1.165, 1.54) is 5.56 Å². The fraction of sp³-hybridized carbons (Fsp3) is 0.222. The molecule has 0 aliphatic rings. The summed E-state index contributed by atoms with van der Waals surface area (Å²) in [7, 11) is 1.61. The Morgan fingerprint density at radius 1 is 1.04 bits per heavy atom. The number of carbonyl (C=O) groups excluding carboxylic acids is 1. The average Bonchev–Trinajstić information content (AvgIpc) is 2.66. The lowest BCUT2D eigenvalue weighted by Gasteiger charge is -2.12. The van der Waals surface area contributed by atoms with Crippen LogP contribution in [0.15, 0.2) is 54.6 Å². The van der Waals surface area contributed by atoms with Gasteiger partial charge in [-0.25, -0.2) is 0 Å². The summed E-state index contributed by atoms with van der Waals surface area (Å²) in [5.41, 5.74) is 7.29. The summed E-state index contributed by atoms with van der Waals surface area (Å²) in [6.07, 6.45) is 0.857. The van der Waals surface area contributed by atoms with E-state index in [0.717, 1.165) is 17.9 Å². The van der Waals surface area contributed by atoms with Gasteiger partial charge in [-0.05, 0) is 48.5 Å². The number of hydrogen-bond acceptors (Lipinski definition) is 4. The molecule has 0 heterocycles. The first-order chi connectivity index (χ1) is 12.2. The standard InChI is InChI=1S/C18H22N4O2S/c1-24-16-9-7-15(8-10-16)20-13-17(23)21-22-18(25)19-12-11-14-5-3-2-4-6-14/h2-10,20H,11-13H2,1H3,(H,21,23)(H2,19,22,25). The van der Waals surface area contributed by atoms with Crippen molar-refractivity contribution in [2.45, 2.75) is 6.42 Å². The predicted octanol–water partition coefficient (Wildman–Crippen LogP) is 1.85. The van der Waals surface area contributed by atoms with Crippen LogP contribution in [0.4, 0.5) is 5.69 Å². The third-order valence-electron chi connectivity index (χ3n) is 3.40. The van der Waals surface area contributed by atoms with E-state index in [1.807, 2.05) is 42.5 Å². The summed E-state index contributed by atoms with van der Waals surface area (Å²) in [6.45, 7) is 0.821. The Kier molecular flexibility index (Phi) is 7.52. The molecule has 0 saturated carbocycles. The molecule has 0 saturated heterocycles. The third-order valence-corrected chi connectivity index (χ3v) is 3.65. The number of rotatable bonds is 7. The van der Waals surface area contributed by atoms with Gasteiger partial charge in [0.2, 0.25) is 0 Å². The van der Waals surface area contributed by atoms with Gasteiger partial charge in [-0.3, -0.25) is 15.6 Å². The van der Waals surface area contributed by atoms with E-state index in [2.05, 4.69) is 33.6 Å². The van der Waals surface area contributed by atoms with Crippen LogP contribution < -0.4 is 26.2 Å². The average molecular weight is 358 g/mol. The Labute approximate surface area is 152 Å². The lowest BCUT2D eigenvalue weighted by atomic mass is 10.1. The summed E-state index contributed by atoms with van der Waals surface area (Å²) in [5.74, 6) is 0.548. The highest BCUT2D eigenvalue weighted by Crippen LogP contribution is 2.14. The van der Waals surface area contributed by atoms with Gasteiger partial charge < -0.3 is 15.4 Å². The molecule has 1 amide bonds. The van der Waals surface area contributed by atoms with Gasteiger partial charge in [-0.15, -0.1) is 0 Å². The Bertz CT molecular complexity index is 677. The summed E-state index contributed by atoms with van der Waals surface area (Å²) < 4.78 is 5.08. The van der Waals surface area contributed by atoms with Crippen LogP contribution in [0.1, 0.15) is 5.56 Å². The first-order valence-electron chi connectivity index (χ1n) is 7.92. The van der Waals surface area contributed by atoms with Crippen LogP contribution in [0.25, 0.3) is 0 Å². The van der Waals surface area contributed by atoms with Crippen molar-refractivity contribution in [3.8, 4) is 5.75 Å². The topological polar surface area (TPSA) is 74.4 Å². The number of thiocarbonyl (C=S) groups is 1. The molecule has 2 aromatic rings. The highest BCUT2D eigenvalue weighted by molar-refractivity contribution is 7.80. The number of hydrogen-bond donors (Lipinski definition) is 4. The molecule has 0 atom stereocenters. The Hall–Kier alpha value is -2.80. The second kappa shape index (κ2) is 10.1. The fourth-order valence-electron chi connectivity index (χ4n) is 2.07. The molecular weight excluding hydrogens is 336 g/mol. The monoisotopic (exact) mass is 358 g/mol. The molecule has 7 heteroatoms. The minimum atomic E-state index is -0.219. The van der Waals surface area contributed by atoms with Crippen molar-refractivity contribution in [1.29, 1.82) is 0 Å². The molecule has 4 N–H and O–H groups in total. The van der Waals surface area contributed by atoms with E-state index in [9.17, 15) is 4.79 Å². The molecular formula is C18H22N4O2S. The van der Waals surface area contributed by atoms with Crippen molar-refractivity contribution in [2.24, 2.45) is 0 Å². The second-order valence-electron chi connectivity index (χ2n) is 5.25. The second-order valence-corrected chi connectivity index (χ2v) is 5.65. The first-order valence-corrected chi connectivity index (χ1v) is 8.33. The SMILES string of the molecule is COc1ccc(NCC(=O)NNC(=S)NCCc2ccccc2)cc1. The van der Waals surface area contributed by atoms with Gasteiger partial charge in [0.15, 0.2) is 5.11 Å². The fourth-order valence-corrected chi connectivity index (χ4v) is 2.22. The minimum absolute atomic E-state index is 0.131. The number of hydrazine groups is 1. The highest BCUT2D eigenvalue weighted by atomic mass is 32.1. The maximum atomic E-state index is 11.8. The highest BCUT2D eigenvalue weighted by Gasteiger charge is 2.02. The number of methoxy groups -OCH3 is 1. The molecule has 0 fully saturated rings. The molecule has 2 aromatic carbocycles. The summed E-state index contributed by atoms with van der Waals surface area (Å²) in [5, 5.41) is 6.44. The van der Waals surface area contributed by atoms with Crippen molar-refractivity contribution in [2.75, 3.05) is 25.5 Å². The molecule has 6 nitrogen and oxygen atoms in total. The molecule has 2 rings (SSSR count). The van der Waals surface area contributed by atoms with Crippen LogP contribution in [0, 0.1) is 0 Å². The van der Waals surface area contributed by atoms with Crippen molar-refractivity contribution in [1.82, 2.24) is 16.2 Å². The minimum Gasteiger partial charge on any atom is -0.497 e. The zero-order chi connectivity index (χ0) is 17.9. The van der Waals surface area contributed by atoms with Gasteiger partial charge in [0.25, 0.3) is 5.91 Å². The Balaban J connectivity index is 1.59. The normalized spacial score (nSPS) is 9.80. The van der Waals surface area contributed by atoms with Crippen molar-refractivity contribution >= 4 is 28.9 Å². The molecule has 132 valence electrons. The largest absolute Gasteiger partial charge is 0.497 e. The first kappa shape index (κ1) is 18.5. The molecule has 0 bridgehead atoms. The predicted molar refractivity (Wildman–Crippen MR) is 104 cm³/mol. The van der Waals surface area contributed by atoms with Crippen molar-refractivity contribution < 1.29 is 9.53 Å². The number of nitrogens with one attached hydrogen (secondary N) is 4.